The van der Waals surface area contributed by atoms with E-state index < -0.39 is 14.5 Å². The van der Waals surface area contributed by atoms with Gasteiger partial charge in [0.05, 0.1) is 12.3 Å². The van der Waals surface area contributed by atoms with Crippen LogP contribution in [-0.2, 0) is 21.0 Å². The second-order valence-corrected chi connectivity index (χ2v) is 8.03. The molecule has 0 spiro atoms. The van der Waals surface area contributed by atoms with Crippen molar-refractivity contribution in [2.75, 3.05) is 0 Å². The lowest BCUT2D eigenvalue weighted by atomic mass is 10.2. The Morgan fingerprint density at radius 3 is 1.78 bits per heavy atom. The number of nitrogens with zero attached hydrogens (tertiary/aromatic N) is 1. The van der Waals surface area contributed by atoms with E-state index in [1.165, 1.54) is 11.1 Å². The molecule has 2 nitrogen and oxygen atoms in total. The molecular formula is C20H20AlNO. The molecule has 3 rings (SSSR count). The Morgan fingerprint density at radius 1 is 0.696 bits per heavy atom. The minimum atomic E-state index is -1.40. The van der Waals surface area contributed by atoms with Crippen molar-refractivity contribution in [3.05, 3.63) is 102 Å². The molecule has 0 unspecified atom stereocenters. The maximum atomic E-state index is 6.31. The molecular weight excluding hydrogens is 297 g/mol. The zero-order valence-electron chi connectivity index (χ0n) is 13.1. The first kappa shape index (κ1) is 16.0. The molecule has 0 aliphatic rings. The number of benzene rings is 2. The Hall–Kier alpha value is -1.92. The maximum absolute atomic E-state index is 6.31. The van der Waals surface area contributed by atoms with Crippen LogP contribution < -0.4 is 0 Å². The molecule has 0 saturated carbocycles. The Kier molecular flexibility index (Phi) is 6.00. The molecule has 0 amide bonds. The Morgan fingerprint density at radius 2 is 1.26 bits per heavy atom. The van der Waals surface area contributed by atoms with Crippen LogP contribution in [0.25, 0.3) is 0 Å². The van der Waals surface area contributed by atoms with E-state index in [0.717, 1.165) is 16.3 Å². The van der Waals surface area contributed by atoms with E-state index >= 15 is 0 Å². The van der Waals surface area contributed by atoms with Crippen LogP contribution >= 0.6 is 0 Å². The molecule has 1 aromatic heterocycles. The van der Waals surface area contributed by atoms with Gasteiger partial charge in [-0.3, -0.25) is 4.98 Å². The van der Waals surface area contributed by atoms with E-state index in [1.54, 1.807) is 0 Å². The molecule has 0 atom stereocenters. The topological polar surface area (TPSA) is 22.1 Å². The second-order valence-electron chi connectivity index (χ2n) is 5.63. The molecule has 1 heterocycles. The molecule has 0 radical (unpaired) electrons. The maximum Gasteiger partial charge on any atom is 0.470 e. The summed E-state index contributed by atoms with van der Waals surface area (Å²) in [4.78, 5) is 4.36. The lowest BCUT2D eigenvalue weighted by Gasteiger charge is -2.13. The monoisotopic (exact) mass is 317 g/mol. The number of hydrogen-bond donors (Lipinski definition) is 0. The third-order valence-corrected chi connectivity index (χ3v) is 6.30. The van der Waals surface area contributed by atoms with Gasteiger partial charge >= 0.3 is 14.5 Å². The number of aromatic nitrogens is 1. The molecule has 0 aliphatic carbocycles. The van der Waals surface area contributed by atoms with Gasteiger partial charge in [0.15, 0.2) is 0 Å². The van der Waals surface area contributed by atoms with Gasteiger partial charge in [-0.2, -0.15) is 0 Å². The Balaban J connectivity index is 1.67. The molecule has 0 fully saturated rings. The van der Waals surface area contributed by atoms with Crippen LogP contribution in [0.5, 0.6) is 0 Å². The quantitative estimate of drug-likeness (QED) is 0.611. The van der Waals surface area contributed by atoms with Crippen molar-refractivity contribution in [2.24, 2.45) is 0 Å². The number of pyridine rings is 1. The minimum absolute atomic E-state index is 0.609. The van der Waals surface area contributed by atoms with Crippen LogP contribution in [0.2, 0.25) is 0 Å². The Bertz CT molecular complexity index is 647. The van der Waals surface area contributed by atoms with Crippen LogP contribution in [0.4, 0.5) is 0 Å². The summed E-state index contributed by atoms with van der Waals surface area (Å²) >= 11 is -1.40. The zero-order chi connectivity index (χ0) is 15.7. The van der Waals surface area contributed by atoms with Crippen molar-refractivity contribution in [2.45, 2.75) is 17.2 Å². The molecule has 0 saturated heterocycles. The number of hydrogen-bond acceptors (Lipinski definition) is 2. The number of rotatable bonds is 7. The molecule has 3 heteroatoms. The summed E-state index contributed by atoms with van der Waals surface area (Å²) in [6, 6.07) is 27.3. The highest BCUT2D eigenvalue weighted by Gasteiger charge is 2.22. The summed E-state index contributed by atoms with van der Waals surface area (Å²) in [5, 5.41) is 2.09. The van der Waals surface area contributed by atoms with E-state index in [2.05, 4.69) is 65.6 Å². The average molecular weight is 317 g/mol. The molecule has 0 bridgehead atoms. The summed E-state index contributed by atoms with van der Waals surface area (Å²) in [5.74, 6) is 0. The largest absolute Gasteiger partial charge is 0.496 e. The standard InChI is InChI=1S/2C7H7.C6H6NO.Al/c2*1-7-5-3-2-4-6-7;8-5-6-3-1-2-4-7-6;/h2*2-6H,1H2;1-4H,5H2;/q;;-1;+1. The normalized spacial score (nSPS) is 10.4. The van der Waals surface area contributed by atoms with Crippen molar-refractivity contribution in [3.8, 4) is 0 Å². The van der Waals surface area contributed by atoms with Crippen molar-refractivity contribution >= 4 is 14.5 Å². The van der Waals surface area contributed by atoms with Crippen LogP contribution in [0.15, 0.2) is 85.1 Å². The van der Waals surface area contributed by atoms with Crippen molar-refractivity contribution in [1.29, 1.82) is 0 Å². The van der Waals surface area contributed by atoms with Crippen molar-refractivity contribution < 1.29 is 3.79 Å². The third kappa shape index (κ3) is 5.34. The van der Waals surface area contributed by atoms with Gasteiger partial charge in [0.2, 0.25) is 0 Å². The lowest BCUT2D eigenvalue weighted by molar-refractivity contribution is 0.300. The summed E-state index contributed by atoms with van der Waals surface area (Å²) < 4.78 is 6.31. The van der Waals surface area contributed by atoms with E-state index in [4.69, 9.17) is 3.79 Å². The molecule has 2 aromatic carbocycles. The fourth-order valence-corrected chi connectivity index (χ4v) is 5.01. The minimum Gasteiger partial charge on any atom is -0.496 e. The van der Waals surface area contributed by atoms with Crippen molar-refractivity contribution in [3.63, 3.8) is 0 Å². The van der Waals surface area contributed by atoms with Gasteiger partial charge in [-0.05, 0) is 22.7 Å². The van der Waals surface area contributed by atoms with Crippen LogP contribution in [-0.4, -0.2) is 19.5 Å². The van der Waals surface area contributed by atoms with Gasteiger partial charge in [-0.15, -0.1) is 0 Å². The van der Waals surface area contributed by atoms with Gasteiger partial charge in [-0.1, -0.05) is 77.9 Å². The summed E-state index contributed by atoms with van der Waals surface area (Å²) in [6.45, 7) is 0.609. The molecule has 0 aliphatic heterocycles. The van der Waals surface area contributed by atoms with Gasteiger partial charge in [0.1, 0.15) is 0 Å². The highest BCUT2D eigenvalue weighted by atomic mass is 27.2. The zero-order valence-corrected chi connectivity index (χ0v) is 14.3. The first-order chi connectivity index (χ1) is 11.4. The predicted molar refractivity (Wildman–Crippen MR) is 95.1 cm³/mol. The summed E-state index contributed by atoms with van der Waals surface area (Å²) in [7, 11) is 0. The predicted octanol–water partition coefficient (Wildman–Crippen LogP) is 4.15. The molecule has 114 valence electrons. The average Bonchev–Trinajstić information content (AvgIpc) is 2.62. The van der Waals surface area contributed by atoms with Crippen molar-refractivity contribution in [1.82, 2.24) is 4.98 Å². The van der Waals surface area contributed by atoms with E-state index in [-0.39, 0.29) is 0 Å². The van der Waals surface area contributed by atoms with E-state index in [9.17, 15) is 0 Å². The van der Waals surface area contributed by atoms with Gasteiger partial charge < -0.3 is 3.79 Å². The Labute approximate surface area is 142 Å². The lowest BCUT2D eigenvalue weighted by Crippen LogP contribution is -2.25. The highest BCUT2D eigenvalue weighted by molar-refractivity contribution is 6.50. The van der Waals surface area contributed by atoms with E-state index in [1.807, 2.05) is 24.4 Å². The molecule has 23 heavy (non-hydrogen) atoms. The second kappa shape index (κ2) is 8.65. The molecule has 0 N–H and O–H groups in total. The van der Waals surface area contributed by atoms with Gasteiger partial charge in [0, 0.05) is 6.20 Å². The smallest absolute Gasteiger partial charge is 0.470 e. The SMILES string of the molecule is c1ccc([CH2][Al]([CH2]c2ccccc2)[O]Cc2ccccn2)cc1. The van der Waals surface area contributed by atoms with E-state index in [0.29, 0.717) is 6.61 Å². The highest BCUT2D eigenvalue weighted by Crippen LogP contribution is 2.11. The fraction of sp³-hybridized carbons (Fsp3) is 0.150. The van der Waals surface area contributed by atoms with Gasteiger partial charge in [-0.25, -0.2) is 0 Å². The first-order valence-electron chi connectivity index (χ1n) is 7.99. The van der Waals surface area contributed by atoms with Crippen LogP contribution in [0, 0.1) is 0 Å². The van der Waals surface area contributed by atoms with Crippen LogP contribution in [0.1, 0.15) is 16.8 Å². The summed E-state index contributed by atoms with van der Waals surface area (Å²) in [5.41, 5.74) is 3.73. The van der Waals surface area contributed by atoms with Gasteiger partial charge in [0.25, 0.3) is 0 Å². The molecule has 3 aromatic rings. The first-order valence-corrected chi connectivity index (χ1v) is 10.1. The third-order valence-electron chi connectivity index (χ3n) is 3.81. The summed E-state index contributed by atoms with van der Waals surface area (Å²) in [6.07, 6.45) is 1.82. The van der Waals surface area contributed by atoms with Crippen LogP contribution in [0.3, 0.4) is 0 Å². The fourth-order valence-electron chi connectivity index (χ4n) is 2.63.